The van der Waals surface area contributed by atoms with Crippen LogP contribution in [0.15, 0.2) is 54.6 Å². The van der Waals surface area contributed by atoms with E-state index in [1.54, 1.807) is 11.0 Å². The highest BCUT2D eigenvalue weighted by atomic mass is 19.4. The second-order valence-electron chi connectivity index (χ2n) is 7.81. The maximum Gasteiger partial charge on any atom is 0.416 e. The summed E-state index contributed by atoms with van der Waals surface area (Å²) in [6.07, 6.45) is -4.48. The average Bonchev–Trinajstić information content (AvgIpc) is 2.79. The van der Waals surface area contributed by atoms with Crippen molar-refractivity contribution in [3.8, 4) is 0 Å². The first-order valence-electron chi connectivity index (χ1n) is 10.5. The number of hydrogen-bond acceptors (Lipinski definition) is 6. The minimum Gasteiger partial charge on any atom is -0.352 e. The number of alkyl halides is 3. The van der Waals surface area contributed by atoms with Crippen LogP contribution >= 0.6 is 0 Å². The molecule has 10 heteroatoms. The number of carbonyl (C=O) groups excluding carboxylic acids is 1. The van der Waals surface area contributed by atoms with Crippen LogP contribution in [-0.2, 0) is 17.4 Å². The summed E-state index contributed by atoms with van der Waals surface area (Å²) in [4.78, 5) is 20.7. The number of pyridine rings is 1. The van der Waals surface area contributed by atoms with E-state index in [2.05, 4.69) is 20.5 Å². The third-order valence-corrected chi connectivity index (χ3v) is 5.36. The van der Waals surface area contributed by atoms with E-state index in [0.717, 1.165) is 17.8 Å². The van der Waals surface area contributed by atoms with Crippen molar-refractivity contribution in [2.75, 3.05) is 36.4 Å². The Balaban J connectivity index is 1.31. The first-order valence-corrected chi connectivity index (χ1v) is 10.5. The molecule has 1 fully saturated rings. The Morgan fingerprint density at radius 3 is 2.39 bits per heavy atom. The quantitative estimate of drug-likeness (QED) is 0.629. The van der Waals surface area contributed by atoms with Crippen molar-refractivity contribution in [3.63, 3.8) is 0 Å². The van der Waals surface area contributed by atoms with Crippen LogP contribution in [0.3, 0.4) is 0 Å². The standard InChI is InChI=1S/C23H23F3N6O/c1-16-4-2-7-19(27-16)28-20-8-9-21(30-29-20)31-10-12-32(13-11-31)22(33)15-17-5-3-6-18(14-17)23(24,25)26/h2-9,14H,10-13,15H2,1H3,(H,27,28,29). The molecule has 0 unspecified atom stereocenters. The largest absolute Gasteiger partial charge is 0.416 e. The van der Waals surface area contributed by atoms with Gasteiger partial charge in [-0.15, -0.1) is 10.2 Å². The Kier molecular flexibility index (Phi) is 6.43. The summed E-state index contributed by atoms with van der Waals surface area (Å²) in [6, 6.07) is 14.2. The number of rotatable bonds is 5. The Morgan fingerprint density at radius 1 is 0.970 bits per heavy atom. The first kappa shape index (κ1) is 22.5. The van der Waals surface area contributed by atoms with Crippen molar-refractivity contribution in [1.29, 1.82) is 0 Å². The second kappa shape index (κ2) is 9.43. The van der Waals surface area contributed by atoms with Gasteiger partial charge < -0.3 is 15.1 Å². The predicted molar refractivity (Wildman–Crippen MR) is 118 cm³/mol. The number of aryl methyl sites for hydroxylation is 1. The van der Waals surface area contributed by atoms with Crippen molar-refractivity contribution in [3.05, 3.63) is 71.4 Å². The summed E-state index contributed by atoms with van der Waals surface area (Å²) in [5, 5.41) is 11.6. The minimum atomic E-state index is -4.42. The SMILES string of the molecule is Cc1cccc(Nc2ccc(N3CCN(C(=O)Cc4cccc(C(F)(F)F)c4)CC3)nn2)n1. The third kappa shape index (κ3) is 5.76. The van der Waals surface area contributed by atoms with Crippen LogP contribution < -0.4 is 10.2 Å². The van der Waals surface area contributed by atoms with Gasteiger partial charge in [0.15, 0.2) is 11.6 Å². The summed E-state index contributed by atoms with van der Waals surface area (Å²) >= 11 is 0. The molecular weight excluding hydrogens is 433 g/mol. The molecule has 1 aliphatic heterocycles. The maximum atomic E-state index is 12.9. The van der Waals surface area contributed by atoms with Gasteiger partial charge >= 0.3 is 6.18 Å². The molecule has 1 aliphatic rings. The highest BCUT2D eigenvalue weighted by Gasteiger charge is 2.30. The lowest BCUT2D eigenvalue weighted by Gasteiger charge is -2.35. The molecule has 7 nitrogen and oxygen atoms in total. The molecule has 0 saturated carbocycles. The Labute approximate surface area is 189 Å². The van der Waals surface area contributed by atoms with E-state index in [0.29, 0.717) is 49.2 Å². The summed E-state index contributed by atoms with van der Waals surface area (Å²) in [7, 11) is 0. The fourth-order valence-corrected chi connectivity index (χ4v) is 3.63. The highest BCUT2D eigenvalue weighted by molar-refractivity contribution is 5.79. The molecule has 3 heterocycles. The van der Waals surface area contributed by atoms with Crippen LogP contribution in [0.2, 0.25) is 0 Å². The van der Waals surface area contributed by atoms with E-state index >= 15 is 0 Å². The van der Waals surface area contributed by atoms with Crippen LogP contribution in [0, 0.1) is 6.92 Å². The second-order valence-corrected chi connectivity index (χ2v) is 7.81. The van der Waals surface area contributed by atoms with Gasteiger partial charge in [-0.05, 0) is 42.8 Å². The molecular formula is C23H23F3N6O. The van der Waals surface area contributed by atoms with Crippen LogP contribution in [0.4, 0.5) is 30.6 Å². The van der Waals surface area contributed by atoms with Gasteiger partial charge in [0.1, 0.15) is 5.82 Å². The van der Waals surface area contributed by atoms with Crippen LogP contribution in [0.25, 0.3) is 0 Å². The van der Waals surface area contributed by atoms with E-state index in [1.165, 1.54) is 6.07 Å². The zero-order chi connectivity index (χ0) is 23.4. The van der Waals surface area contributed by atoms with Crippen molar-refractivity contribution < 1.29 is 18.0 Å². The topological polar surface area (TPSA) is 74.2 Å². The predicted octanol–water partition coefficient (Wildman–Crippen LogP) is 3.83. The van der Waals surface area contributed by atoms with E-state index in [4.69, 9.17) is 0 Å². The lowest BCUT2D eigenvalue weighted by Crippen LogP contribution is -2.49. The highest BCUT2D eigenvalue weighted by Crippen LogP contribution is 2.29. The third-order valence-electron chi connectivity index (χ3n) is 5.36. The molecule has 0 spiro atoms. The smallest absolute Gasteiger partial charge is 0.352 e. The van der Waals surface area contributed by atoms with Gasteiger partial charge in [0, 0.05) is 31.9 Å². The van der Waals surface area contributed by atoms with Gasteiger partial charge in [-0.2, -0.15) is 13.2 Å². The fourth-order valence-electron chi connectivity index (χ4n) is 3.63. The average molecular weight is 456 g/mol. The van der Waals surface area contributed by atoms with Crippen LogP contribution in [-0.4, -0.2) is 52.2 Å². The normalized spacial score (nSPS) is 14.3. The number of nitrogens with one attached hydrogen (secondary N) is 1. The van der Waals surface area contributed by atoms with Crippen molar-refractivity contribution in [2.45, 2.75) is 19.5 Å². The summed E-state index contributed by atoms with van der Waals surface area (Å²) in [6.45, 7) is 3.97. The Bertz CT molecular complexity index is 1110. The van der Waals surface area contributed by atoms with E-state index in [-0.39, 0.29) is 12.3 Å². The van der Waals surface area contributed by atoms with Crippen molar-refractivity contribution in [2.24, 2.45) is 0 Å². The number of aromatic nitrogens is 3. The minimum absolute atomic E-state index is 0.0584. The van der Waals surface area contributed by atoms with Gasteiger partial charge in [-0.25, -0.2) is 4.98 Å². The van der Waals surface area contributed by atoms with Gasteiger partial charge in [-0.1, -0.05) is 24.3 Å². The Hall–Kier alpha value is -3.69. The molecule has 33 heavy (non-hydrogen) atoms. The number of nitrogens with zero attached hydrogens (tertiary/aromatic N) is 5. The van der Waals surface area contributed by atoms with E-state index < -0.39 is 11.7 Å². The number of carbonyl (C=O) groups is 1. The molecule has 0 radical (unpaired) electrons. The number of anilines is 3. The zero-order valence-electron chi connectivity index (χ0n) is 18.0. The molecule has 0 aliphatic carbocycles. The number of amides is 1. The lowest BCUT2D eigenvalue weighted by atomic mass is 10.1. The zero-order valence-corrected chi connectivity index (χ0v) is 18.0. The van der Waals surface area contributed by atoms with Crippen LogP contribution in [0.5, 0.6) is 0 Å². The van der Waals surface area contributed by atoms with Gasteiger partial charge in [-0.3, -0.25) is 4.79 Å². The number of halogens is 3. The van der Waals surface area contributed by atoms with E-state index in [9.17, 15) is 18.0 Å². The summed E-state index contributed by atoms with van der Waals surface area (Å²) in [5.41, 5.74) is 0.506. The molecule has 0 bridgehead atoms. The molecule has 1 aromatic carbocycles. The first-order chi connectivity index (χ1) is 15.8. The molecule has 172 valence electrons. The Morgan fingerprint density at radius 2 is 1.73 bits per heavy atom. The monoisotopic (exact) mass is 456 g/mol. The lowest BCUT2D eigenvalue weighted by molar-refractivity contribution is -0.138. The molecule has 0 atom stereocenters. The van der Waals surface area contributed by atoms with Gasteiger partial charge in [0.25, 0.3) is 0 Å². The maximum absolute atomic E-state index is 12.9. The molecule has 2 aromatic heterocycles. The van der Waals surface area contributed by atoms with Crippen molar-refractivity contribution >= 4 is 23.4 Å². The molecule has 1 saturated heterocycles. The molecule has 1 amide bonds. The fraction of sp³-hybridized carbons (Fsp3) is 0.304. The van der Waals surface area contributed by atoms with E-state index in [1.807, 2.05) is 42.2 Å². The summed E-state index contributed by atoms with van der Waals surface area (Å²) in [5.74, 6) is 1.77. The molecule has 1 N–H and O–H groups in total. The summed E-state index contributed by atoms with van der Waals surface area (Å²) < 4.78 is 38.7. The number of piperazine rings is 1. The molecule has 4 rings (SSSR count). The van der Waals surface area contributed by atoms with Crippen molar-refractivity contribution in [1.82, 2.24) is 20.1 Å². The number of benzene rings is 1. The van der Waals surface area contributed by atoms with Gasteiger partial charge in [0.2, 0.25) is 5.91 Å². The molecule has 3 aromatic rings. The van der Waals surface area contributed by atoms with Gasteiger partial charge in [0.05, 0.1) is 12.0 Å². The number of hydrogen-bond donors (Lipinski definition) is 1. The van der Waals surface area contributed by atoms with Crippen LogP contribution in [0.1, 0.15) is 16.8 Å².